The molecule has 17 heavy (non-hydrogen) atoms. The molecule has 0 heterocycles. The standard InChI is InChI=1S/C12H17ClN2OS/c1-15(7-4-8-16-2)12(17)14-11-6-3-5-10(13)9-11/h3,5-6,9H,4,7-8H2,1-2H3,(H,14,17). The van der Waals surface area contributed by atoms with E-state index in [2.05, 4.69) is 5.32 Å². The maximum atomic E-state index is 5.90. The lowest BCUT2D eigenvalue weighted by Crippen LogP contribution is -2.32. The quantitative estimate of drug-likeness (QED) is 0.658. The smallest absolute Gasteiger partial charge is 0.173 e. The van der Waals surface area contributed by atoms with Crippen molar-refractivity contribution in [3.63, 3.8) is 0 Å². The summed E-state index contributed by atoms with van der Waals surface area (Å²) in [7, 11) is 3.65. The second-order valence-corrected chi connectivity index (χ2v) is 4.53. The maximum Gasteiger partial charge on any atom is 0.173 e. The topological polar surface area (TPSA) is 24.5 Å². The zero-order valence-corrected chi connectivity index (χ0v) is 11.6. The van der Waals surface area contributed by atoms with Crippen molar-refractivity contribution in [2.45, 2.75) is 6.42 Å². The third kappa shape index (κ3) is 5.35. The highest BCUT2D eigenvalue weighted by Gasteiger charge is 2.04. The van der Waals surface area contributed by atoms with Gasteiger partial charge in [-0.15, -0.1) is 0 Å². The molecule has 1 N–H and O–H groups in total. The van der Waals surface area contributed by atoms with Gasteiger partial charge in [0.25, 0.3) is 0 Å². The molecule has 3 nitrogen and oxygen atoms in total. The van der Waals surface area contributed by atoms with Crippen molar-refractivity contribution >= 4 is 34.6 Å². The first-order valence-electron chi connectivity index (χ1n) is 5.40. The molecule has 0 aliphatic carbocycles. The number of anilines is 1. The van der Waals surface area contributed by atoms with E-state index in [9.17, 15) is 0 Å². The number of ether oxygens (including phenoxy) is 1. The van der Waals surface area contributed by atoms with Crippen LogP contribution in [0.3, 0.4) is 0 Å². The fourth-order valence-corrected chi connectivity index (χ4v) is 1.73. The van der Waals surface area contributed by atoms with Gasteiger partial charge in [0.05, 0.1) is 0 Å². The molecule has 0 aliphatic rings. The average Bonchev–Trinajstić information content (AvgIpc) is 2.29. The summed E-state index contributed by atoms with van der Waals surface area (Å²) in [5.74, 6) is 0. The van der Waals surface area contributed by atoms with Crippen LogP contribution in [0.4, 0.5) is 5.69 Å². The summed E-state index contributed by atoms with van der Waals surface area (Å²) in [5.41, 5.74) is 0.904. The first-order valence-corrected chi connectivity index (χ1v) is 6.18. The fourth-order valence-electron chi connectivity index (χ4n) is 1.33. The number of hydrogen-bond donors (Lipinski definition) is 1. The molecular weight excluding hydrogens is 256 g/mol. The van der Waals surface area contributed by atoms with Crippen molar-refractivity contribution in [2.24, 2.45) is 0 Å². The lowest BCUT2D eigenvalue weighted by Gasteiger charge is -2.20. The van der Waals surface area contributed by atoms with Crippen LogP contribution >= 0.6 is 23.8 Å². The number of hydrogen-bond acceptors (Lipinski definition) is 2. The van der Waals surface area contributed by atoms with E-state index in [4.69, 9.17) is 28.6 Å². The van der Waals surface area contributed by atoms with E-state index in [-0.39, 0.29) is 0 Å². The molecule has 0 saturated heterocycles. The van der Waals surface area contributed by atoms with Crippen LogP contribution in [0.5, 0.6) is 0 Å². The fraction of sp³-hybridized carbons (Fsp3) is 0.417. The van der Waals surface area contributed by atoms with Gasteiger partial charge in [-0.05, 0) is 36.8 Å². The van der Waals surface area contributed by atoms with E-state index in [1.807, 2.05) is 36.2 Å². The Hall–Kier alpha value is -0.840. The predicted molar refractivity (Wildman–Crippen MR) is 76.8 cm³/mol. The van der Waals surface area contributed by atoms with Gasteiger partial charge in [0, 0.05) is 38.0 Å². The molecule has 1 aromatic rings. The van der Waals surface area contributed by atoms with Gasteiger partial charge in [0.2, 0.25) is 0 Å². The Kier molecular flexibility index (Phi) is 6.26. The molecule has 0 amide bonds. The Morgan fingerprint density at radius 1 is 1.53 bits per heavy atom. The lowest BCUT2D eigenvalue weighted by atomic mass is 10.3. The number of methoxy groups -OCH3 is 1. The first kappa shape index (κ1) is 14.2. The molecule has 94 valence electrons. The van der Waals surface area contributed by atoms with E-state index in [0.717, 1.165) is 25.3 Å². The highest BCUT2D eigenvalue weighted by Crippen LogP contribution is 2.15. The number of nitrogens with zero attached hydrogens (tertiary/aromatic N) is 1. The van der Waals surface area contributed by atoms with Crippen LogP contribution in [-0.2, 0) is 4.74 Å². The lowest BCUT2D eigenvalue weighted by molar-refractivity contribution is 0.189. The van der Waals surface area contributed by atoms with Crippen molar-refractivity contribution in [1.82, 2.24) is 4.90 Å². The summed E-state index contributed by atoms with van der Waals surface area (Å²) < 4.78 is 5.00. The number of nitrogens with one attached hydrogen (secondary N) is 1. The second kappa shape index (κ2) is 7.48. The van der Waals surface area contributed by atoms with Crippen molar-refractivity contribution < 1.29 is 4.74 Å². The Labute approximate surface area is 113 Å². The minimum atomic E-state index is 0.684. The molecule has 0 atom stereocenters. The van der Waals surface area contributed by atoms with E-state index in [1.165, 1.54) is 0 Å². The largest absolute Gasteiger partial charge is 0.385 e. The molecule has 5 heteroatoms. The summed E-state index contributed by atoms with van der Waals surface area (Å²) in [6, 6.07) is 7.49. The molecule has 1 rings (SSSR count). The molecule has 0 aromatic heterocycles. The molecule has 0 bridgehead atoms. The zero-order chi connectivity index (χ0) is 12.7. The number of rotatable bonds is 5. The second-order valence-electron chi connectivity index (χ2n) is 3.71. The maximum absolute atomic E-state index is 5.90. The van der Waals surface area contributed by atoms with Gasteiger partial charge in [0.1, 0.15) is 0 Å². The molecule has 0 saturated carbocycles. The van der Waals surface area contributed by atoms with Crippen molar-refractivity contribution in [2.75, 3.05) is 32.6 Å². The van der Waals surface area contributed by atoms with Crippen LogP contribution in [0, 0.1) is 0 Å². The molecule has 0 spiro atoms. The average molecular weight is 273 g/mol. The molecule has 0 unspecified atom stereocenters. The van der Waals surface area contributed by atoms with Crippen LogP contribution in [0.25, 0.3) is 0 Å². The third-order valence-electron chi connectivity index (χ3n) is 2.26. The highest BCUT2D eigenvalue weighted by molar-refractivity contribution is 7.80. The van der Waals surface area contributed by atoms with Gasteiger partial charge in [0.15, 0.2) is 5.11 Å². The van der Waals surface area contributed by atoms with Crippen molar-refractivity contribution in [3.8, 4) is 0 Å². The van der Waals surface area contributed by atoms with Crippen molar-refractivity contribution in [3.05, 3.63) is 29.3 Å². The van der Waals surface area contributed by atoms with Crippen molar-refractivity contribution in [1.29, 1.82) is 0 Å². The first-order chi connectivity index (χ1) is 8.13. The SMILES string of the molecule is COCCCN(C)C(=S)Nc1cccc(Cl)c1. The van der Waals surface area contributed by atoms with Crippen LogP contribution in [-0.4, -0.2) is 37.3 Å². The van der Waals surface area contributed by atoms with Gasteiger partial charge < -0.3 is 15.0 Å². The van der Waals surface area contributed by atoms with Gasteiger partial charge in [-0.3, -0.25) is 0 Å². The van der Waals surface area contributed by atoms with Crippen LogP contribution < -0.4 is 5.32 Å². The minimum Gasteiger partial charge on any atom is -0.385 e. The zero-order valence-electron chi connectivity index (χ0n) is 10.1. The monoisotopic (exact) mass is 272 g/mol. The van der Waals surface area contributed by atoms with Gasteiger partial charge in [-0.2, -0.15) is 0 Å². The molecule has 1 aromatic carbocycles. The van der Waals surface area contributed by atoms with Crippen LogP contribution in [0.15, 0.2) is 24.3 Å². The summed E-state index contributed by atoms with van der Waals surface area (Å²) >= 11 is 11.2. The summed E-state index contributed by atoms with van der Waals surface area (Å²) in [5, 5.41) is 4.52. The van der Waals surface area contributed by atoms with Gasteiger partial charge in [-0.25, -0.2) is 0 Å². The summed E-state index contributed by atoms with van der Waals surface area (Å²) in [6.45, 7) is 1.60. The summed E-state index contributed by atoms with van der Waals surface area (Å²) in [6.07, 6.45) is 0.949. The van der Waals surface area contributed by atoms with E-state index in [1.54, 1.807) is 7.11 Å². The van der Waals surface area contributed by atoms with Gasteiger partial charge in [-0.1, -0.05) is 17.7 Å². The van der Waals surface area contributed by atoms with Gasteiger partial charge >= 0.3 is 0 Å². The predicted octanol–water partition coefficient (Wildman–Crippen LogP) is 3.01. The van der Waals surface area contributed by atoms with E-state index < -0.39 is 0 Å². The van der Waals surface area contributed by atoms with Crippen LogP contribution in [0.2, 0.25) is 5.02 Å². The molecule has 0 aliphatic heterocycles. The Bertz CT molecular complexity index is 373. The molecule has 0 radical (unpaired) electrons. The van der Waals surface area contributed by atoms with E-state index in [0.29, 0.717) is 10.1 Å². The summed E-state index contributed by atoms with van der Waals surface area (Å²) in [4.78, 5) is 1.98. The highest BCUT2D eigenvalue weighted by atomic mass is 35.5. The van der Waals surface area contributed by atoms with E-state index >= 15 is 0 Å². The Morgan fingerprint density at radius 2 is 2.29 bits per heavy atom. The number of halogens is 1. The number of thiocarbonyl (C=S) groups is 1. The third-order valence-corrected chi connectivity index (χ3v) is 2.91. The Balaban J connectivity index is 2.43. The molecular formula is C12H17ClN2OS. The number of benzene rings is 1. The normalized spacial score (nSPS) is 10.1. The minimum absolute atomic E-state index is 0.684. The Morgan fingerprint density at radius 3 is 2.94 bits per heavy atom. The van der Waals surface area contributed by atoms with Crippen LogP contribution in [0.1, 0.15) is 6.42 Å². The molecule has 0 fully saturated rings.